The van der Waals surface area contributed by atoms with Crippen LogP contribution in [0, 0.1) is 17.2 Å². The number of rotatable bonds is 9. The molecule has 1 heterocycles. The highest BCUT2D eigenvalue weighted by molar-refractivity contribution is 7.99. The van der Waals surface area contributed by atoms with Crippen LogP contribution in [0.5, 0.6) is 11.5 Å². The van der Waals surface area contributed by atoms with E-state index >= 15 is 0 Å². The summed E-state index contributed by atoms with van der Waals surface area (Å²) in [5, 5.41) is 15.0. The normalized spacial score (nSPS) is 11.2. The number of nitrogens with one attached hydrogen (secondary N) is 1. The maximum Gasteiger partial charge on any atom is 0.190 e. The average Bonchev–Trinajstić information content (AvgIpc) is 2.85. The van der Waals surface area contributed by atoms with E-state index in [0.717, 1.165) is 34.1 Å². The Hall–Kier alpha value is -3.57. The lowest BCUT2D eigenvalue weighted by molar-refractivity contribution is 0.414. The van der Waals surface area contributed by atoms with Crippen molar-refractivity contribution in [2.45, 2.75) is 25.9 Å². The molecule has 1 N–H and O–H groups in total. The Labute approximate surface area is 198 Å². The zero-order chi connectivity index (χ0) is 23.8. The Morgan fingerprint density at radius 3 is 2.45 bits per heavy atom. The van der Waals surface area contributed by atoms with E-state index in [4.69, 9.17) is 14.5 Å². The van der Waals surface area contributed by atoms with Gasteiger partial charge in [0.1, 0.15) is 23.1 Å². The molecule has 0 saturated carbocycles. The lowest BCUT2D eigenvalue weighted by atomic mass is 10.1. The molecule has 0 atom stereocenters. The molecular weight excluding hydrogens is 434 g/mol. The summed E-state index contributed by atoms with van der Waals surface area (Å²) in [6.45, 7) is 6.16. The van der Waals surface area contributed by atoms with Crippen LogP contribution >= 0.6 is 11.8 Å². The minimum absolute atomic E-state index is 0.330. The van der Waals surface area contributed by atoms with Crippen molar-refractivity contribution in [3.05, 3.63) is 59.7 Å². The third-order valence-corrected chi connectivity index (χ3v) is 6.00. The Kier molecular flexibility index (Phi) is 8.28. The second kappa shape index (κ2) is 11.3. The molecule has 3 aromatic rings. The van der Waals surface area contributed by atoms with Crippen LogP contribution in [-0.2, 0) is 0 Å². The number of methoxy groups -OCH3 is 2. The first-order chi connectivity index (χ1) is 15.9. The monoisotopic (exact) mass is 461 g/mol. The van der Waals surface area contributed by atoms with Crippen molar-refractivity contribution in [2.75, 3.05) is 25.4 Å². The van der Waals surface area contributed by atoms with E-state index in [1.54, 1.807) is 26.0 Å². The molecule has 2 aromatic carbocycles. The fourth-order valence-electron chi connectivity index (χ4n) is 2.94. The van der Waals surface area contributed by atoms with Crippen molar-refractivity contribution in [1.29, 1.82) is 5.26 Å². The van der Waals surface area contributed by atoms with Gasteiger partial charge in [-0.15, -0.1) is 0 Å². The topological polar surface area (TPSA) is 92.4 Å². The summed E-state index contributed by atoms with van der Waals surface area (Å²) < 4.78 is 10.6. The molecule has 0 aliphatic rings. The Bertz CT molecular complexity index is 1170. The van der Waals surface area contributed by atoms with Crippen LogP contribution in [0.4, 0.5) is 5.82 Å². The largest absolute Gasteiger partial charge is 0.497 e. The molecule has 7 nitrogen and oxygen atoms in total. The average molecular weight is 462 g/mol. The van der Waals surface area contributed by atoms with Crippen LogP contribution in [0.1, 0.15) is 31.9 Å². The van der Waals surface area contributed by atoms with Crippen molar-refractivity contribution in [3.63, 3.8) is 0 Å². The van der Waals surface area contributed by atoms with Gasteiger partial charge in [0.25, 0.3) is 0 Å². The van der Waals surface area contributed by atoms with E-state index in [-0.39, 0.29) is 0 Å². The molecule has 1 aromatic heterocycles. The van der Waals surface area contributed by atoms with Crippen LogP contribution in [0.3, 0.4) is 0 Å². The van der Waals surface area contributed by atoms with E-state index in [1.165, 1.54) is 0 Å². The summed E-state index contributed by atoms with van der Waals surface area (Å²) in [5.74, 6) is 3.18. The fourth-order valence-corrected chi connectivity index (χ4v) is 3.73. The van der Waals surface area contributed by atoms with Crippen LogP contribution in [-0.4, -0.2) is 35.7 Å². The summed E-state index contributed by atoms with van der Waals surface area (Å²) >= 11 is 1.55. The van der Waals surface area contributed by atoms with Crippen molar-refractivity contribution >= 4 is 23.3 Å². The minimum Gasteiger partial charge on any atom is -0.497 e. The van der Waals surface area contributed by atoms with Crippen LogP contribution in [0.25, 0.3) is 11.3 Å². The number of anilines is 1. The number of nitriles is 1. The van der Waals surface area contributed by atoms with Gasteiger partial charge in [-0.2, -0.15) is 10.4 Å². The molecule has 8 heteroatoms. The van der Waals surface area contributed by atoms with E-state index in [9.17, 15) is 5.26 Å². The first kappa shape index (κ1) is 24.1. The molecule has 3 rings (SSSR count). The highest BCUT2D eigenvalue weighted by Crippen LogP contribution is 2.30. The van der Waals surface area contributed by atoms with Gasteiger partial charge >= 0.3 is 0 Å². The lowest BCUT2D eigenvalue weighted by Crippen LogP contribution is -2.06. The van der Waals surface area contributed by atoms with Gasteiger partial charge in [-0.1, -0.05) is 37.7 Å². The number of hydrogen-bond donors (Lipinski definition) is 1. The second-order valence-electron chi connectivity index (χ2n) is 7.66. The van der Waals surface area contributed by atoms with Crippen LogP contribution in [0.15, 0.2) is 58.8 Å². The second-order valence-corrected chi connectivity index (χ2v) is 8.65. The molecule has 0 spiro atoms. The van der Waals surface area contributed by atoms with E-state index in [0.29, 0.717) is 28.1 Å². The van der Waals surface area contributed by atoms with Crippen molar-refractivity contribution < 1.29 is 9.47 Å². The van der Waals surface area contributed by atoms with Gasteiger partial charge in [-0.05, 0) is 49.2 Å². The van der Waals surface area contributed by atoms with Crippen molar-refractivity contribution in [2.24, 2.45) is 11.0 Å². The maximum absolute atomic E-state index is 9.95. The molecule has 0 amide bonds. The number of aromatic nitrogens is 2. The first-order valence-corrected chi connectivity index (χ1v) is 11.5. The number of thioether (sulfide) groups is 1. The van der Waals surface area contributed by atoms with Crippen LogP contribution in [0.2, 0.25) is 0 Å². The van der Waals surface area contributed by atoms with E-state index in [2.05, 4.69) is 35.4 Å². The SMILES string of the molecule is COc1ccc(-c2nc(SCC(C)C)nc(N/N=C(/C)c3cccc(OC)c3)c2C#N)cc1. The standard InChI is InChI=1S/C25H27N5O2S/c1-16(2)15-33-25-27-23(18-9-11-20(31-4)12-10-18)22(14-26)24(28-25)30-29-17(3)19-7-6-8-21(13-19)32-5/h6-13,16H,15H2,1-5H3,(H,27,28,30)/b29-17-. The van der Waals surface area contributed by atoms with Gasteiger partial charge < -0.3 is 9.47 Å². The number of nitrogens with zero attached hydrogens (tertiary/aromatic N) is 4. The molecule has 0 bridgehead atoms. The lowest BCUT2D eigenvalue weighted by Gasteiger charge is -2.12. The molecule has 0 saturated heterocycles. The Morgan fingerprint density at radius 1 is 1.09 bits per heavy atom. The Morgan fingerprint density at radius 2 is 1.82 bits per heavy atom. The fraction of sp³-hybridized carbons (Fsp3) is 0.280. The number of hydrogen-bond acceptors (Lipinski definition) is 8. The molecule has 0 unspecified atom stereocenters. The van der Waals surface area contributed by atoms with Gasteiger partial charge in [-0.3, -0.25) is 5.43 Å². The quantitative estimate of drug-likeness (QED) is 0.191. The third-order valence-electron chi connectivity index (χ3n) is 4.73. The molecule has 0 aliphatic heterocycles. The molecule has 170 valence electrons. The number of hydrazone groups is 1. The van der Waals surface area contributed by atoms with Crippen LogP contribution < -0.4 is 14.9 Å². The molecule has 0 aliphatic carbocycles. The highest BCUT2D eigenvalue weighted by atomic mass is 32.2. The summed E-state index contributed by atoms with van der Waals surface area (Å²) in [4.78, 5) is 9.29. The van der Waals surface area contributed by atoms with Gasteiger partial charge in [0.2, 0.25) is 0 Å². The maximum atomic E-state index is 9.95. The summed E-state index contributed by atoms with van der Waals surface area (Å²) in [7, 11) is 3.24. The van der Waals surface area contributed by atoms with Crippen molar-refractivity contribution in [3.8, 4) is 28.8 Å². The molecule has 33 heavy (non-hydrogen) atoms. The highest BCUT2D eigenvalue weighted by Gasteiger charge is 2.17. The van der Waals surface area contributed by atoms with Gasteiger partial charge in [0.15, 0.2) is 11.0 Å². The van der Waals surface area contributed by atoms with Gasteiger partial charge in [0.05, 0.1) is 25.6 Å². The number of ether oxygens (including phenoxy) is 2. The Balaban J connectivity index is 2.02. The summed E-state index contributed by atoms with van der Waals surface area (Å²) in [6.07, 6.45) is 0. The number of benzene rings is 2. The molecule has 0 fully saturated rings. The first-order valence-electron chi connectivity index (χ1n) is 10.5. The van der Waals surface area contributed by atoms with Crippen molar-refractivity contribution in [1.82, 2.24) is 9.97 Å². The molecule has 0 radical (unpaired) electrons. The van der Waals surface area contributed by atoms with Gasteiger partial charge in [0, 0.05) is 16.9 Å². The van der Waals surface area contributed by atoms with Gasteiger partial charge in [-0.25, -0.2) is 9.97 Å². The minimum atomic E-state index is 0.330. The zero-order valence-corrected chi connectivity index (χ0v) is 20.2. The molecular formula is C25H27N5O2S. The summed E-state index contributed by atoms with van der Waals surface area (Å²) in [6, 6.07) is 17.3. The third kappa shape index (κ3) is 6.24. The van der Waals surface area contributed by atoms with E-state index in [1.807, 2.05) is 55.5 Å². The van der Waals surface area contributed by atoms with E-state index < -0.39 is 0 Å². The predicted molar refractivity (Wildman–Crippen MR) is 133 cm³/mol. The predicted octanol–water partition coefficient (Wildman–Crippen LogP) is 5.62. The smallest absolute Gasteiger partial charge is 0.190 e. The summed E-state index contributed by atoms with van der Waals surface area (Å²) in [5.41, 5.74) is 6.32. The zero-order valence-electron chi connectivity index (χ0n) is 19.4.